The van der Waals surface area contributed by atoms with Gasteiger partial charge in [-0.3, -0.25) is 0 Å². The average molecular weight is 265 g/mol. The van der Waals surface area contributed by atoms with Gasteiger partial charge in [0.15, 0.2) is 0 Å². The fraction of sp³-hybridized carbons (Fsp3) is 1.00. The first-order valence-corrected chi connectivity index (χ1v) is 4.75. The second kappa shape index (κ2) is 12.3. The molecule has 0 heterocycles. The summed E-state index contributed by atoms with van der Waals surface area (Å²) >= 11 is 3.00. The molecule has 8 heteroatoms. The molecule has 1 N–H and O–H groups in total. The van der Waals surface area contributed by atoms with Crippen LogP contribution in [-0.2, 0) is 10.1 Å². The molecular weight excluding hydrogens is 258 g/mol. The van der Waals surface area contributed by atoms with Gasteiger partial charge in [0, 0.05) is 11.1 Å². The molecule has 0 aromatic heterocycles. The number of hydrogen-bond donors (Lipinski definition) is 0. The normalized spacial score (nSPS) is 8.55. The van der Waals surface area contributed by atoms with Gasteiger partial charge in [0.25, 0.3) is 0 Å². The maximum Gasteiger partial charge on any atom is 1.00 e. The molecule has 0 aliphatic carbocycles. The van der Waals surface area contributed by atoms with Crippen molar-refractivity contribution in [3.8, 4) is 0 Å². The molecule has 0 aliphatic heterocycles. The first kappa shape index (κ1) is 23.3. The largest absolute Gasteiger partial charge is 1.00 e. The Bertz CT molecular complexity index is 147. The van der Waals surface area contributed by atoms with Crippen LogP contribution in [0.4, 0.5) is 0 Å². The molecule has 0 aliphatic rings. The summed E-state index contributed by atoms with van der Waals surface area (Å²) in [7, 11) is -3.97. The molecule has 0 saturated carbocycles. The predicted octanol–water partition coefficient (Wildman–Crippen LogP) is -5.85. The van der Waals surface area contributed by atoms with Gasteiger partial charge in [-0.1, -0.05) is 15.9 Å². The summed E-state index contributed by atoms with van der Waals surface area (Å²) < 4.78 is 29.4. The van der Waals surface area contributed by atoms with Crippen molar-refractivity contribution in [1.29, 1.82) is 0 Å². The van der Waals surface area contributed by atoms with E-state index in [0.29, 0.717) is 11.8 Å². The smallest absolute Gasteiger partial charge is 0.870 e. The zero-order chi connectivity index (χ0) is 6.62. The summed E-state index contributed by atoms with van der Waals surface area (Å²) in [4.78, 5) is 0. The average Bonchev–Trinajstić information content (AvgIpc) is 1.59. The van der Waals surface area contributed by atoms with E-state index < -0.39 is 10.1 Å². The van der Waals surface area contributed by atoms with Gasteiger partial charge < -0.3 is 10.0 Å². The summed E-state index contributed by atoms with van der Waals surface area (Å²) in [6.07, 6.45) is 0.395. The third-order valence-electron chi connectivity index (χ3n) is 0.528. The van der Waals surface area contributed by atoms with E-state index in [4.69, 9.17) is 0 Å². The molecule has 0 aromatic rings. The molecule has 0 fully saturated rings. The van der Waals surface area contributed by atoms with E-state index in [1.165, 1.54) is 0 Å². The number of halogens is 1. The molecule has 0 amide bonds. The van der Waals surface area contributed by atoms with E-state index >= 15 is 0 Å². The molecule has 0 bridgehead atoms. The topological polar surface area (TPSA) is 87.2 Å². The van der Waals surface area contributed by atoms with Gasteiger partial charge in [-0.15, -0.1) is 0 Å². The van der Waals surface area contributed by atoms with Crippen molar-refractivity contribution < 1.29 is 77.6 Å². The number of alkyl halides is 1. The van der Waals surface area contributed by atoms with E-state index in [0.717, 1.165) is 0 Å². The van der Waals surface area contributed by atoms with Crippen LogP contribution in [0.3, 0.4) is 0 Å². The van der Waals surface area contributed by atoms with Gasteiger partial charge in [0.1, 0.15) is 0 Å². The summed E-state index contributed by atoms with van der Waals surface area (Å²) in [6.45, 7) is 0. The molecule has 0 spiro atoms. The molecule has 58 valence electrons. The monoisotopic (exact) mass is 264 g/mol. The maximum absolute atomic E-state index is 9.81. The third kappa shape index (κ3) is 24.5. The van der Waals surface area contributed by atoms with Crippen LogP contribution < -0.4 is 59.1 Å². The van der Waals surface area contributed by atoms with E-state index in [-0.39, 0.29) is 70.3 Å². The molecule has 11 heavy (non-hydrogen) atoms. The standard InChI is InChI=1S/C3H7BrO3S.2Na.H2O/c4-2-1-3-8(5,6)7;;;/h1-3H2,(H,5,6,7);;;1H2/q;2*+1;/p-2. The molecule has 0 rings (SSSR count). The molecule has 0 radical (unpaired) electrons. The fourth-order valence-corrected chi connectivity index (χ4v) is 1.38. The van der Waals surface area contributed by atoms with Gasteiger partial charge >= 0.3 is 59.1 Å². The van der Waals surface area contributed by atoms with Gasteiger partial charge in [-0.05, 0) is 6.42 Å². The van der Waals surface area contributed by atoms with Crippen molar-refractivity contribution in [2.45, 2.75) is 6.42 Å². The number of rotatable bonds is 3. The van der Waals surface area contributed by atoms with E-state index in [1.807, 2.05) is 0 Å². The van der Waals surface area contributed by atoms with Crippen LogP contribution in [0.5, 0.6) is 0 Å². The molecular formula is C3H7BrNa2O4S. The Morgan fingerprint density at radius 2 is 1.64 bits per heavy atom. The van der Waals surface area contributed by atoms with E-state index in [1.54, 1.807) is 0 Å². The van der Waals surface area contributed by atoms with Gasteiger partial charge in [-0.25, -0.2) is 8.42 Å². The Balaban J connectivity index is -0.0000000817. The summed E-state index contributed by atoms with van der Waals surface area (Å²) in [5, 5.41) is 0.564. The van der Waals surface area contributed by atoms with Crippen LogP contribution in [0.1, 0.15) is 6.42 Å². The first-order chi connectivity index (χ1) is 3.56. The fourth-order valence-electron chi connectivity index (χ4n) is 0.231. The Labute approximate surface area is 119 Å². The summed E-state index contributed by atoms with van der Waals surface area (Å²) in [6, 6.07) is 0. The third-order valence-corrected chi connectivity index (χ3v) is 1.88. The summed E-state index contributed by atoms with van der Waals surface area (Å²) in [5.41, 5.74) is 0. The SMILES string of the molecule is O=S(=O)([O-])CCCBr.[Na+].[Na+].[OH-]. The van der Waals surface area contributed by atoms with Crippen molar-refractivity contribution in [2.24, 2.45) is 0 Å². The van der Waals surface area contributed by atoms with Crippen molar-refractivity contribution >= 4 is 26.0 Å². The van der Waals surface area contributed by atoms with E-state index in [2.05, 4.69) is 15.9 Å². The zero-order valence-corrected chi connectivity index (χ0v) is 13.0. The minimum Gasteiger partial charge on any atom is -0.870 e. The Kier molecular flexibility index (Phi) is 26.1. The molecule has 0 aromatic carbocycles. The molecule has 0 atom stereocenters. The second-order valence-corrected chi connectivity index (χ2v) is 3.62. The van der Waals surface area contributed by atoms with Crippen molar-refractivity contribution in [2.75, 3.05) is 11.1 Å². The Hall–Kier alpha value is 2.35. The quantitative estimate of drug-likeness (QED) is 0.289. The zero-order valence-electron chi connectivity index (χ0n) is 6.58. The van der Waals surface area contributed by atoms with E-state index in [9.17, 15) is 13.0 Å². The maximum atomic E-state index is 9.81. The second-order valence-electron chi connectivity index (χ2n) is 1.30. The number of hydrogen-bond acceptors (Lipinski definition) is 4. The van der Waals surface area contributed by atoms with Crippen molar-refractivity contribution in [3.63, 3.8) is 0 Å². The van der Waals surface area contributed by atoms with Gasteiger partial charge in [-0.2, -0.15) is 0 Å². The molecule has 0 saturated heterocycles. The summed E-state index contributed by atoms with van der Waals surface area (Å²) in [5.74, 6) is -0.266. The minimum absolute atomic E-state index is 0. The van der Waals surface area contributed by atoms with Crippen LogP contribution >= 0.6 is 15.9 Å². The van der Waals surface area contributed by atoms with Crippen LogP contribution in [0.15, 0.2) is 0 Å². The molecule has 0 unspecified atom stereocenters. The minimum atomic E-state index is -3.97. The van der Waals surface area contributed by atoms with Crippen molar-refractivity contribution in [1.82, 2.24) is 0 Å². The first-order valence-electron chi connectivity index (χ1n) is 2.06. The predicted molar refractivity (Wildman–Crippen MR) is 34.9 cm³/mol. The van der Waals surface area contributed by atoms with Crippen LogP contribution in [0, 0.1) is 0 Å². The molecule has 4 nitrogen and oxygen atoms in total. The van der Waals surface area contributed by atoms with Crippen LogP contribution in [0.25, 0.3) is 0 Å². The van der Waals surface area contributed by atoms with Gasteiger partial charge in [0.05, 0.1) is 10.1 Å². The van der Waals surface area contributed by atoms with Gasteiger partial charge in [0.2, 0.25) is 0 Å². The van der Waals surface area contributed by atoms with Crippen molar-refractivity contribution in [3.05, 3.63) is 0 Å². The van der Waals surface area contributed by atoms with Crippen LogP contribution in [0.2, 0.25) is 0 Å². The Morgan fingerprint density at radius 1 is 1.27 bits per heavy atom. The van der Waals surface area contributed by atoms with Crippen LogP contribution in [-0.4, -0.2) is 29.5 Å². The Morgan fingerprint density at radius 3 is 1.73 bits per heavy atom.